The van der Waals surface area contributed by atoms with Gasteiger partial charge in [-0.25, -0.2) is 0 Å². The Morgan fingerprint density at radius 1 is 0.466 bits per heavy atom. The molecule has 1 aliphatic rings. The SMILES string of the molecule is CCCCCCCCCCCCCCCCCCC/C=C/CC/C=C/CC/C=C/CCCC(O)C(O)C(COC1OC(CO)C(O)C(O)C1O)NC(=O)C(O)CCCCCCCCCCCCCCCCCC. The van der Waals surface area contributed by atoms with Gasteiger partial charge in [0.2, 0.25) is 5.91 Å². The summed E-state index contributed by atoms with van der Waals surface area (Å²) in [5.41, 5.74) is 0. The third kappa shape index (κ3) is 39.4. The maximum atomic E-state index is 13.2. The Morgan fingerprint density at radius 3 is 1.22 bits per heavy atom. The zero-order valence-electron chi connectivity index (χ0n) is 47.1. The lowest BCUT2D eigenvalue weighted by atomic mass is 9.98. The molecule has 1 fully saturated rings. The van der Waals surface area contributed by atoms with Crippen molar-refractivity contribution in [1.82, 2.24) is 5.32 Å². The molecule has 0 saturated carbocycles. The van der Waals surface area contributed by atoms with Crippen molar-refractivity contribution >= 4 is 5.91 Å². The van der Waals surface area contributed by atoms with Gasteiger partial charge >= 0.3 is 0 Å². The van der Waals surface area contributed by atoms with Crippen molar-refractivity contribution in [2.24, 2.45) is 0 Å². The molecular weight excluding hydrogens is 919 g/mol. The largest absolute Gasteiger partial charge is 0.394 e. The molecule has 0 aromatic rings. The Kier molecular flexibility index (Phi) is 48.5. The van der Waals surface area contributed by atoms with Gasteiger partial charge in [0, 0.05) is 0 Å². The first-order valence-corrected chi connectivity index (χ1v) is 30.9. The summed E-state index contributed by atoms with van der Waals surface area (Å²) in [5, 5.41) is 76.1. The Morgan fingerprint density at radius 2 is 0.822 bits per heavy atom. The molecule has 73 heavy (non-hydrogen) atoms. The van der Waals surface area contributed by atoms with Crippen LogP contribution in [-0.2, 0) is 14.3 Å². The first-order chi connectivity index (χ1) is 35.7. The summed E-state index contributed by atoms with van der Waals surface area (Å²) >= 11 is 0. The van der Waals surface area contributed by atoms with Gasteiger partial charge in [-0.2, -0.15) is 0 Å². The van der Waals surface area contributed by atoms with E-state index in [1.165, 1.54) is 193 Å². The van der Waals surface area contributed by atoms with Gasteiger partial charge in [-0.15, -0.1) is 0 Å². The summed E-state index contributed by atoms with van der Waals surface area (Å²) in [6.07, 6.45) is 52.2. The standard InChI is InChI=1S/C62H117NO10/c1-3-5-7-9-11-13-15-17-19-21-22-23-24-25-26-27-28-29-30-31-32-33-34-36-37-39-41-43-45-47-49-54(65)57(67)53(52-72-62-60(70)59(69)58(68)56(51-64)73-62)63-61(71)55(66)50-48-46-44-42-40-38-35-20-18-16-14-12-10-8-6-4-2/h30-31,34,36,41,43,53-60,62,64-70H,3-29,32-33,35,37-40,42,44-52H2,1-2H3,(H,63,71)/b31-30+,36-34+,43-41+. The third-order valence-electron chi connectivity index (χ3n) is 14.9. The average molecular weight is 1040 g/mol. The molecule has 0 spiro atoms. The molecule has 0 radical (unpaired) electrons. The summed E-state index contributed by atoms with van der Waals surface area (Å²) in [7, 11) is 0. The van der Waals surface area contributed by atoms with Crippen LogP contribution in [0.4, 0.5) is 0 Å². The van der Waals surface area contributed by atoms with Crippen LogP contribution in [0.1, 0.15) is 284 Å². The van der Waals surface area contributed by atoms with Crippen molar-refractivity contribution in [2.45, 2.75) is 339 Å². The van der Waals surface area contributed by atoms with Crippen molar-refractivity contribution in [2.75, 3.05) is 13.2 Å². The van der Waals surface area contributed by atoms with Crippen LogP contribution in [-0.4, -0.2) is 110 Å². The monoisotopic (exact) mass is 1040 g/mol. The number of rotatable bonds is 53. The second-order valence-electron chi connectivity index (χ2n) is 21.8. The van der Waals surface area contributed by atoms with Crippen LogP contribution in [0.2, 0.25) is 0 Å². The number of ether oxygens (including phenoxy) is 2. The van der Waals surface area contributed by atoms with Gasteiger partial charge < -0.3 is 50.5 Å². The maximum Gasteiger partial charge on any atom is 0.249 e. The summed E-state index contributed by atoms with van der Waals surface area (Å²) in [6, 6.07) is -1.19. The molecule has 1 saturated heterocycles. The summed E-state index contributed by atoms with van der Waals surface area (Å²) < 4.78 is 11.1. The van der Waals surface area contributed by atoms with E-state index in [1.54, 1.807) is 0 Å². The number of hydrogen-bond acceptors (Lipinski definition) is 10. The number of unbranched alkanes of at least 4 members (excludes halogenated alkanes) is 35. The summed E-state index contributed by atoms with van der Waals surface area (Å²) in [5.74, 6) is -0.709. The van der Waals surface area contributed by atoms with Gasteiger partial charge in [-0.3, -0.25) is 4.79 Å². The van der Waals surface area contributed by atoms with Crippen molar-refractivity contribution < 1.29 is 50.0 Å². The molecule has 11 heteroatoms. The van der Waals surface area contributed by atoms with E-state index in [-0.39, 0.29) is 12.8 Å². The molecule has 0 aromatic carbocycles. The number of allylic oxidation sites excluding steroid dienone is 6. The van der Waals surface area contributed by atoms with Gasteiger partial charge in [0.1, 0.15) is 36.6 Å². The quantitative estimate of drug-likeness (QED) is 0.0215. The molecule has 9 atom stereocenters. The van der Waals surface area contributed by atoms with E-state index < -0.39 is 74.2 Å². The first-order valence-electron chi connectivity index (χ1n) is 30.9. The van der Waals surface area contributed by atoms with Crippen LogP contribution in [0.5, 0.6) is 0 Å². The average Bonchev–Trinajstić information content (AvgIpc) is 3.39. The van der Waals surface area contributed by atoms with Crippen LogP contribution in [0.3, 0.4) is 0 Å². The number of carbonyl (C=O) groups excluding carboxylic acids is 1. The van der Waals surface area contributed by atoms with E-state index in [0.717, 1.165) is 44.9 Å². The van der Waals surface area contributed by atoms with Crippen LogP contribution in [0.25, 0.3) is 0 Å². The van der Waals surface area contributed by atoms with E-state index in [1.807, 2.05) is 0 Å². The number of nitrogens with one attached hydrogen (secondary N) is 1. The summed E-state index contributed by atoms with van der Waals surface area (Å²) in [4.78, 5) is 13.2. The molecule has 1 rings (SSSR count). The normalized spacial score (nSPS) is 20.2. The van der Waals surface area contributed by atoms with Crippen molar-refractivity contribution in [1.29, 1.82) is 0 Å². The van der Waals surface area contributed by atoms with E-state index in [4.69, 9.17) is 9.47 Å². The van der Waals surface area contributed by atoms with Crippen molar-refractivity contribution in [3.05, 3.63) is 36.5 Å². The van der Waals surface area contributed by atoms with Crippen LogP contribution in [0.15, 0.2) is 36.5 Å². The molecule has 0 aliphatic carbocycles. The molecule has 0 aromatic heterocycles. The zero-order valence-corrected chi connectivity index (χ0v) is 47.1. The number of amides is 1. The minimum absolute atomic E-state index is 0.243. The van der Waals surface area contributed by atoms with E-state index >= 15 is 0 Å². The van der Waals surface area contributed by atoms with Gasteiger partial charge in [-0.05, 0) is 64.2 Å². The van der Waals surface area contributed by atoms with E-state index in [0.29, 0.717) is 19.3 Å². The Bertz CT molecular complexity index is 1280. The van der Waals surface area contributed by atoms with Gasteiger partial charge in [0.15, 0.2) is 6.29 Å². The highest BCUT2D eigenvalue weighted by Gasteiger charge is 2.44. The van der Waals surface area contributed by atoms with E-state index in [9.17, 15) is 40.5 Å². The lowest BCUT2D eigenvalue weighted by Gasteiger charge is -2.40. The smallest absolute Gasteiger partial charge is 0.249 e. The number of aliphatic hydroxyl groups is 7. The third-order valence-corrected chi connectivity index (χ3v) is 14.9. The molecule has 430 valence electrons. The van der Waals surface area contributed by atoms with Gasteiger partial charge in [0.05, 0.1) is 25.4 Å². The van der Waals surface area contributed by atoms with E-state index in [2.05, 4.69) is 55.6 Å². The lowest BCUT2D eigenvalue weighted by molar-refractivity contribution is -0.303. The van der Waals surface area contributed by atoms with Crippen LogP contribution < -0.4 is 5.32 Å². The molecule has 1 aliphatic heterocycles. The minimum atomic E-state index is -1.67. The topological polar surface area (TPSA) is 189 Å². The molecule has 1 heterocycles. The zero-order chi connectivity index (χ0) is 53.3. The predicted octanol–water partition coefficient (Wildman–Crippen LogP) is 13.5. The van der Waals surface area contributed by atoms with Crippen LogP contribution >= 0.6 is 0 Å². The van der Waals surface area contributed by atoms with Crippen molar-refractivity contribution in [3.63, 3.8) is 0 Å². The highest BCUT2D eigenvalue weighted by Crippen LogP contribution is 2.23. The van der Waals surface area contributed by atoms with Crippen molar-refractivity contribution in [3.8, 4) is 0 Å². The second-order valence-corrected chi connectivity index (χ2v) is 21.8. The molecule has 0 bridgehead atoms. The highest BCUT2D eigenvalue weighted by molar-refractivity contribution is 5.80. The fourth-order valence-electron chi connectivity index (χ4n) is 9.89. The molecule has 11 nitrogen and oxygen atoms in total. The highest BCUT2D eigenvalue weighted by atomic mass is 16.7. The summed E-state index contributed by atoms with van der Waals surface area (Å²) in [6.45, 7) is 3.46. The Balaban J connectivity index is 2.29. The fourth-order valence-corrected chi connectivity index (χ4v) is 9.89. The molecular formula is C62H117NO10. The van der Waals surface area contributed by atoms with Crippen LogP contribution in [0, 0.1) is 0 Å². The maximum absolute atomic E-state index is 13.2. The lowest BCUT2D eigenvalue weighted by Crippen LogP contribution is -2.60. The number of carbonyl (C=O) groups is 1. The Hall–Kier alpha value is -1.67. The molecule has 9 unspecified atom stereocenters. The number of aliphatic hydroxyl groups excluding tert-OH is 7. The fraction of sp³-hybridized carbons (Fsp3) is 0.887. The van der Waals surface area contributed by atoms with Gasteiger partial charge in [0.25, 0.3) is 0 Å². The molecule has 8 N–H and O–H groups in total. The second kappa shape index (κ2) is 51.1. The van der Waals surface area contributed by atoms with Gasteiger partial charge in [-0.1, -0.05) is 256 Å². The number of hydrogen-bond donors (Lipinski definition) is 8. The minimum Gasteiger partial charge on any atom is -0.394 e. The Labute approximate surface area is 447 Å². The first kappa shape index (κ1) is 69.3. The molecule has 1 amide bonds. The predicted molar refractivity (Wildman–Crippen MR) is 302 cm³/mol.